The molecule has 3 aromatic rings. The number of para-hydroxylation sites is 2. The summed E-state index contributed by atoms with van der Waals surface area (Å²) in [5.41, 5.74) is 3.21. The highest BCUT2D eigenvalue weighted by molar-refractivity contribution is 5.94. The largest absolute Gasteiger partial charge is 0.449 e. The summed E-state index contributed by atoms with van der Waals surface area (Å²) in [6, 6.07) is 11.7. The number of nitrogens with zero attached hydrogens (tertiary/aromatic N) is 2. The average molecular weight is 361 g/mol. The zero-order valence-electron chi connectivity index (χ0n) is 14.4. The molecule has 0 saturated heterocycles. The Morgan fingerprint density at radius 2 is 1.85 bits per heavy atom. The van der Waals surface area contributed by atoms with Gasteiger partial charge in [0.1, 0.15) is 0 Å². The molecule has 3 rings (SSSR count). The molecule has 1 N–H and O–H groups in total. The maximum atomic E-state index is 13.2. The van der Waals surface area contributed by atoms with Crippen molar-refractivity contribution in [1.29, 1.82) is 0 Å². The van der Waals surface area contributed by atoms with E-state index in [9.17, 15) is 18.0 Å². The third-order valence-electron chi connectivity index (χ3n) is 4.30. The number of amides is 1. The van der Waals surface area contributed by atoms with Gasteiger partial charge in [0.25, 0.3) is 5.91 Å². The van der Waals surface area contributed by atoms with Gasteiger partial charge >= 0.3 is 6.18 Å². The molecule has 4 nitrogen and oxygen atoms in total. The molecule has 0 aliphatic rings. The van der Waals surface area contributed by atoms with E-state index in [1.165, 1.54) is 6.07 Å². The van der Waals surface area contributed by atoms with Crippen molar-refractivity contribution in [1.82, 2.24) is 14.9 Å². The van der Waals surface area contributed by atoms with Gasteiger partial charge in [-0.3, -0.25) is 4.79 Å². The number of hydrogen-bond donors (Lipinski definition) is 1. The van der Waals surface area contributed by atoms with Gasteiger partial charge in [0.2, 0.25) is 5.82 Å². The van der Waals surface area contributed by atoms with E-state index in [4.69, 9.17) is 0 Å². The minimum Gasteiger partial charge on any atom is -0.350 e. The van der Waals surface area contributed by atoms with Crippen LogP contribution in [0.15, 0.2) is 42.5 Å². The number of carbonyl (C=O) groups excluding carboxylic acids is 1. The molecule has 0 aliphatic carbocycles. The van der Waals surface area contributed by atoms with Crippen LogP contribution in [-0.4, -0.2) is 22.0 Å². The summed E-state index contributed by atoms with van der Waals surface area (Å²) in [4.78, 5) is 15.9. The lowest BCUT2D eigenvalue weighted by Crippen LogP contribution is -2.28. The van der Waals surface area contributed by atoms with Crippen molar-refractivity contribution in [3.8, 4) is 0 Å². The predicted molar refractivity (Wildman–Crippen MR) is 93.0 cm³/mol. The molecule has 7 heteroatoms. The number of carbonyl (C=O) groups is 1. The van der Waals surface area contributed by atoms with Crippen LogP contribution in [0.5, 0.6) is 0 Å². The normalized spacial score (nSPS) is 11.7. The summed E-state index contributed by atoms with van der Waals surface area (Å²) in [5, 5.41) is 2.67. The SMILES string of the molecule is Cc1ccc(C(=O)NCCn2c(C(F)(F)F)nc3ccccc32)cc1C. The lowest BCUT2D eigenvalue weighted by Gasteiger charge is -2.12. The van der Waals surface area contributed by atoms with Crippen molar-refractivity contribution >= 4 is 16.9 Å². The second kappa shape index (κ2) is 6.82. The molecule has 0 saturated carbocycles. The van der Waals surface area contributed by atoms with Crippen molar-refractivity contribution < 1.29 is 18.0 Å². The van der Waals surface area contributed by atoms with Crippen LogP contribution in [0.25, 0.3) is 11.0 Å². The monoisotopic (exact) mass is 361 g/mol. The van der Waals surface area contributed by atoms with E-state index in [0.29, 0.717) is 11.1 Å². The average Bonchev–Trinajstić information content (AvgIpc) is 2.96. The molecule has 1 amide bonds. The topological polar surface area (TPSA) is 46.9 Å². The van der Waals surface area contributed by atoms with Gasteiger partial charge in [-0.1, -0.05) is 18.2 Å². The Hall–Kier alpha value is -2.83. The van der Waals surface area contributed by atoms with Crippen LogP contribution in [0.4, 0.5) is 13.2 Å². The Labute approximate surface area is 148 Å². The Bertz CT molecular complexity index is 960. The van der Waals surface area contributed by atoms with Gasteiger partial charge in [-0.25, -0.2) is 4.98 Å². The maximum Gasteiger partial charge on any atom is 0.449 e. The van der Waals surface area contributed by atoms with Gasteiger partial charge in [0, 0.05) is 18.7 Å². The van der Waals surface area contributed by atoms with E-state index >= 15 is 0 Å². The standard InChI is InChI=1S/C19H18F3N3O/c1-12-7-8-14(11-13(12)2)17(26)23-9-10-25-16-6-4-3-5-15(16)24-18(25)19(20,21)22/h3-8,11H,9-10H2,1-2H3,(H,23,26). The first-order chi connectivity index (χ1) is 12.3. The molecular formula is C19H18F3N3O. The zero-order valence-corrected chi connectivity index (χ0v) is 14.4. The van der Waals surface area contributed by atoms with Gasteiger partial charge in [-0.2, -0.15) is 13.2 Å². The van der Waals surface area contributed by atoms with E-state index in [1.54, 1.807) is 30.3 Å². The number of halogens is 3. The summed E-state index contributed by atoms with van der Waals surface area (Å²) in [6.45, 7) is 3.89. The highest BCUT2D eigenvalue weighted by Crippen LogP contribution is 2.31. The van der Waals surface area contributed by atoms with Crippen molar-refractivity contribution in [3.63, 3.8) is 0 Å². The van der Waals surface area contributed by atoms with E-state index in [1.807, 2.05) is 19.9 Å². The fourth-order valence-electron chi connectivity index (χ4n) is 2.78. The molecule has 0 radical (unpaired) electrons. The van der Waals surface area contributed by atoms with E-state index < -0.39 is 12.0 Å². The predicted octanol–water partition coefficient (Wildman–Crippen LogP) is 4.10. The maximum absolute atomic E-state index is 13.2. The van der Waals surface area contributed by atoms with Gasteiger partial charge in [-0.05, 0) is 49.2 Å². The molecule has 0 spiro atoms. The van der Waals surface area contributed by atoms with Gasteiger partial charge < -0.3 is 9.88 Å². The Morgan fingerprint density at radius 1 is 1.12 bits per heavy atom. The molecule has 1 heterocycles. The van der Waals surface area contributed by atoms with E-state index in [2.05, 4.69) is 10.3 Å². The lowest BCUT2D eigenvalue weighted by atomic mass is 10.1. The quantitative estimate of drug-likeness (QED) is 0.760. The smallest absolute Gasteiger partial charge is 0.350 e. The number of hydrogen-bond acceptors (Lipinski definition) is 2. The number of benzene rings is 2. The van der Waals surface area contributed by atoms with Crippen LogP contribution >= 0.6 is 0 Å². The van der Waals surface area contributed by atoms with E-state index in [0.717, 1.165) is 15.7 Å². The van der Waals surface area contributed by atoms with Crippen LogP contribution in [0.2, 0.25) is 0 Å². The molecular weight excluding hydrogens is 343 g/mol. The van der Waals surface area contributed by atoms with Crippen molar-refractivity contribution in [2.45, 2.75) is 26.6 Å². The molecule has 26 heavy (non-hydrogen) atoms. The second-order valence-electron chi connectivity index (χ2n) is 6.13. The van der Waals surface area contributed by atoms with Crippen LogP contribution in [-0.2, 0) is 12.7 Å². The highest BCUT2D eigenvalue weighted by atomic mass is 19.4. The molecule has 0 atom stereocenters. The van der Waals surface area contributed by atoms with Gasteiger partial charge in [0.05, 0.1) is 11.0 Å². The van der Waals surface area contributed by atoms with Crippen LogP contribution in [0.1, 0.15) is 27.3 Å². The fourth-order valence-corrected chi connectivity index (χ4v) is 2.78. The van der Waals surface area contributed by atoms with Crippen molar-refractivity contribution in [2.24, 2.45) is 0 Å². The third kappa shape index (κ3) is 3.56. The molecule has 136 valence electrons. The molecule has 1 aromatic heterocycles. The number of fused-ring (bicyclic) bond motifs is 1. The number of nitrogens with one attached hydrogen (secondary N) is 1. The first kappa shape index (κ1) is 18.0. The number of imidazole rings is 1. The molecule has 0 fully saturated rings. The minimum atomic E-state index is -4.56. The molecule has 0 unspecified atom stereocenters. The van der Waals surface area contributed by atoms with Gasteiger partial charge in [-0.15, -0.1) is 0 Å². The first-order valence-corrected chi connectivity index (χ1v) is 8.15. The number of rotatable bonds is 4. The van der Waals surface area contributed by atoms with Crippen LogP contribution in [0, 0.1) is 13.8 Å². The summed E-state index contributed by atoms with van der Waals surface area (Å²) in [7, 11) is 0. The summed E-state index contributed by atoms with van der Waals surface area (Å²) < 4.78 is 40.8. The number of aromatic nitrogens is 2. The molecule has 0 aliphatic heterocycles. The van der Waals surface area contributed by atoms with Crippen LogP contribution in [0.3, 0.4) is 0 Å². The van der Waals surface area contributed by atoms with E-state index in [-0.39, 0.29) is 24.5 Å². The number of aryl methyl sites for hydroxylation is 2. The second-order valence-corrected chi connectivity index (χ2v) is 6.13. The molecule has 0 bridgehead atoms. The Kier molecular flexibility index (Phi) is 4.71. The van der Waals surface area contributed by atoms with Crippen LogP contribution < -0.4 is 5.32 Å². The highest BCUT2D eigenvalue weighted by Gasteiger charge is 2.37. The first-order valence-electron chi connectivity index (χ1n) is 8.15. The fraction of sp³-hybridized carbons (Fsp3) is 0.263. The number of alkyl halides is 3. The lowest BCUT2D eigenvalue weighted by molar-refractivity contribution is -0.146. The summed E-state index contributed by atoms with van der Waals surface area (Å²) in [5.74, 6) is -1.27. The van der Waals surface area contributed by atoms with Crippen molar-refractivity contribution in [3.05, 3.63) is 65.0 Å². The Morgan fingerprint density at radius 3 is 2.54 bits per heavy atom. The Balaban J connectivity index is 1.77. The molecule has 2 aromatic carbocycles. The zero-order chi connectivity index (χ0) is 18.9. The van der Waals surface area contributed by atoms with Gasteiger partial charge in [0.15, 0.2) is 0 Å². The third-order valence-corrected chi connectivity index (χ3v) is 4.30. The summed E-state index contributed by atoms with van der Waals surface area (Å²) >= 11 is 0. The summed E-state index contributed by atoms with van der Waals surface area (Å²) in [6.07, 6.45) is -4.56. The minimum absolute atomic E-state index is 0.0219. The van der Waals surface area contributed by atoms with Crippen molar-refractivity contribution in [2.75, 3.05) is 6.54 Å².